The van der Waals surface area contributed by atoms with Crippen molar-refractivity contribution in [2.45, 2.75) is 26.3 Å². The van der Waals surface area contributed by atoms with Gasteiger partial charge in [0.15, 0.2) is 5.65 Å². The van der Waals surface area contributed by atoms with Gasteiger partial charge in [-0.05, 0) is 12.5 Å². The van der Waals surface area contributed by atoms with Crippen molar-refractivity contribution in [3.63, 3.8) is 0 Å². The SMILES string of the molecule is Cc1cccc(CN2CCN(C(=O)CCc3nc4c([nH]3)c(=O)n(C)c(=O)n4C)CC2)c1. The number of amides is 1. The van der Waals surface area contributed by atoms with Gasteiger partial charge in [0.25, 0.3) is 5.56 Å². The van der Waals surface area contributed by atoms with E-state index < -0.39 is 11.2 Å². The maximum Gasteiger partial charge on any atom is 0.332 e. The van der Waals surface area contributed by atoms with E-state index in [9.17, 15) is 14.4 Å². The Balaban J connectivity index is 1.34. The summed E-state index contributed by atoms with van der Waals surface area (Å²) in [6.07, 6.45) is 0.709. The van der Waals surface area contributed by atoms with E-state index in [0.29, 0.717) is 37.4 Å². The lowest BCUT2D eigenvalue weighted by atomic mass is 10.1. The Kier molecular flexibility index (Phi) is 5.77. The number of aromatic amines is 1. The Morgan fingerprint density at radius 1 is 1.10 bits per heavy atom. The summed E-state index contributed by atoms with van der Waals surface area (Å²) >= 11 is 0. The van der Waals surface area contributed by atoms with E-state index in [1.54, 1.807) is 7.05 Å². The van der Waals surface area contributed by atoms with Gasteiger partial charge in [0.05, 0.1) is 0 Å². The van der Waals surface area contributed by atoms with Crippen LogP contribution in [-0.2, 0) is 31.9 Å². The number of aryl methyl sites for hydroxylation is 3. The zero-order valence-corrected chi connectivity index (χ0v) is 18.2. The van der Waals surface area contributed by atoms with Crippen molar-refractivity contribution in [1.29, 1.82) is 0 Å². The number of imidazole rings is 1. The van der Waals surface area contributed by atoms with E-state index in [-0.39, 0.29) is 11.4 Å². The Labute approximate surface area is 179 Å². The van der Waals surface area contributed by atoms with Gasteiger partial charge in [0, 0.05) is 59.7 Å². The Morgan fingerprint density at radius 3 is 2.55 bits per heavy atom. The third-order valence-electron chi connectivity index (χ3n) is 5.93. The molecule has 1 fully saturated rings. The third kappa shape index (κ3) is 4.32. The highest BCUT2D eigenvalue weighted by atomic mass is 16.2. The van der Waals surface area contributed by atoms with Crippen molar-refractivity contribution in [2.24, 2.45) is 14.1 Å². The van der Waals surface area contributed by atoms with Gasteiger partial charge >= 0.3 is 5.69 Å². The molecule has 31 heavy (non-hydrogen) atoms. The maximum absolute atomic E-state index is 12.7. The lowest BCUT2D eigenvalue weighted by Gasteiger charge is -2.34. The molecule has 1 saturated heterocycles. The van der Waals surface area contributed by atoms with Crippen molar-refractivity contribution >= 4 is 17.1 Å². The molecule has 1 N–H and O–H groups in total. The molecule has 0 saturated carbocycles. The monoisotopic (exact) mass is 424 g/mol. The molecule has 0 radical (unpaired) electrons. The van der Waals surface area contributed by atoms with Crippen molar-refractivity contribution in [2.75, 3.05) is 26.2 Å². The summed E-state index contributed by atoms with van der Waals surface area (Å²) in [6, 6.07) is 8.52. The third-order valence-corrected chi connectivity index (χ3v) is 5.93. The molecule has 9 heteroatoms. The van der Waals surface area contributed by atoms with Crippen LogP contribution in [0, 0.1) is 6.92 Å². The van der Waals surface area contributed by atoms with Crippen molar-refractivity contribution in [3.8, 4) is 0 Å². The van der Waals surface area contributed by atoms with Crippen molar-refractivity contribution in [1.82, 2.24) is 28.9 Å². The number of hydrogen-bond donors (Lipinski definition) is 1. The molecule has 1 aliphatic heterocycles. The molecule has 164 valence electrons. The van der Waals surface area contributed by atoms with Crippen LogP contribution in [0.4, 0.5) is 0 Å². The van der Waals surface area contributed by atoms with Crippen LogP contribution < -0.4 is 11.2 Å². The molecule has 3 heterocycles. The van der Waals surface area contributed by atoms with Crippen LogP contribution in [0.5, 0.6) is 0 Å². The van der Waals surface area contributed by atoms with Gasteiger partial charge in [-0.2, -0.15) is 0 Å². The number of nitrogens with zero attached hydrogens (tertiary/aromatic N) is 5. The highest BCUT2D eigenvalue weighted by Gasteiger charge is 2.22. The number of carbonyl (C=O) groups excluding carboxylic acids is 1. The molecule has 0 spiro atoms. The minimum atomic E-state index is -0.421. The number of aromatic nitrogens is 4. The largest absolute Gasteiger partial charge is 0.340 e. The first kappa shape index (κ1) is 21.0. The molecule has 0 aliphatic carbocycles. The minimum absolute atomic E-state index is 0.0810. The molecular formula is C22H28N6O3. The van der Waals surface area contributed by atoms with Crippen LogP contribution in [0.15, 0.2) is 33.9 Å². The topological polar surface area (TPSA) is 96.2 Å². The van der Waals surface area contributed by atoms with Gasteiger partial charge in [-0.3, -0.25) is 23.6 Å². The normalized spacial score (nSPS) is 15.0. The average molecular weight is 425 g/mol. The summed E-state index contributed by atoms with van der Waals surface area (Å²) in [5, 5.41) is 0. The standard InChI is InChI=1S/C22H28N6O3/c1-15-5-4-6-16(13-15)14-27-9-11-28(12-10-27)18(29)8-7-17-23-19-20(24-17)25(2)22(31)26(3)21(19)30/h4-6,13H,7-12,14H2,1-3H3,(H,23,24). The molecular weight excluding hydrogens is 396 g/mol. The summed E-state index contributed by atoms with van der Waals surface area (Å²) in [5.74, 6) is 0.622. The van der Waals surface area contributed by atoms with Gasteiger partial charge in [-0.25, -0.2) is 9.78 Å². The smallest absolute Gasteiger partial charge is 0.332 e. The number of fused-ring (bicyclic) bond motifs is 1. The van der Waals surface area contributed by atoms with E-state index in [1.165, 1.54) is 22.7 Å². The van der Waals surface area contributed by atoms with E-state index in [0.717, 1.165) is 24.2 Å². The fraction of sp³-hybridized carbons (Fsp3) is 0.455. The lowest BCUT2D eigenvalue weighted by Crippen LogP contribution is -2.48. The second-order valence-corrected chi connectivity index (χ2v) is 8.23. The second kappa shape index (κ2) is 8.50. The number of H-pyrrole nitrogens is 1. The minimum Gasteiger partial charge on any atom is -0.340 e. The zero-order valence-electron chi connectivity index (χ0n) is 18.2. The quantitative estimate of drug-likeness (QED) is 0.645. The molecule has 9 nitrogen and oxygen atoms in total. The molecule has 3 aromatic rings. The summed E-state index contributed by atoms with van der Waals surface area (Å²) in [6.45, 7) is 6.11. The van der Waals surface area contributed by atoms with Crippen LogP contribution in [0.1, 0.15) is 23.4 Å². The molecule has 0 bridgehead atoms. The van der Waals surface area contributed by atoms with Crippen LogP contribution in [0.25, 0.3) is 11.2 Å². The van der Waals surface area contributed by atoms with Gasteiger partial charge < -0.3 is 9.88 Å². The van der Waals surface area contributed by atoms with Crippen molar-refractivity contribution < 1.29 is 4.79 Å². The van der Waals surface area contributed by atoms with Gasteiger partial charge in [0.1, 0.15) is 11.3 Å². The molecule has 1 amide bonds. The molecule has 0 atom stereocenters. The summed E-state index contributed by atoms with van der Waals surface area (Å²) in [5.41, 5.74) is 2.33. The van der Waals surface area contributed by atoms with Crippen molar-refractivity contribution in [3.05, 3.63) is 62.1 Å². The zero-order chi connectivity index (χ0) is 22.1. The van der Waals surface area contributed by atoms with E-state index >= 15 is 0 Å². The van der Waals surface area contributed by atoms with E-state index in [1.807, 2.05) is 4.90 Å². The predicted octanol–water partition coefficient (Wildman–Crippen LogP) is 0.546. The molecule has 0 unspecified atom stereocenters. The number of benzene rings is 1. The average Bonchev–Trinajstić information content (AvgIpc) is 3.20. The summed E-state index contributed by atoms with van der Waals surface area (Å²) in [4.78, 5) is 48.6. The number of hydrogen-bond acceptors (Lipinski definition) is 5. The lowest BCUT2D eigenvalue weighted by molar-refractivity contribution is -0.133. The fourth-order valence-corrected chi connectivity index (χ4v) is 4.10. The van der Waals surface area contributed by atoms with Crippen LogP contribution in [0.3, 0.4) is 0 Å². The second-order valence-electron chi connectivity index (χ2n) is 8.23. The predicted molar refractivity (Wildman–Crippen MR) is 118 cm³/mol. The first-order valence-electron chi connectivity index (χ1n) is 10.5. The number of nitrogens with one attached hydrogen (secondary N) is 1. The Bertz CT molecular complexity index is 1230. The van der Waals surface area contributed by atoms with Gasteiger partial charge in [-0.1, -0.05) is 29.8 Å². The first-order valence-corrected chi connectivity index (χ1v) is 10.5. The van der Waals surface area contributed by atoms with Crippen LogP contribution in [0.2, 0.25) is 0 Å². The Morgan fingerprint density at radius 2 is 1.84 bits per heavy atom. The number of piperazine rings is 1. The highest BCUT2D eigenvalue weighted by Crippen LogP contribution is 2.12. The van der Waals surface area contributed by atoms with Gasteiger partial charge in [-0.15, -0.1) is 0 Å². The molecule has 2 aromatic heterocycles. The summed E-state index contributed by atoms with van der Waals surface area (Å²) in [7, 11) is 3.02. The van der Waals surface area contributed by atoms with E-state index in [2.05, 4.69) is 46.1 Å². The number of rotatable bonds is 5. The fourth-order valence-electron chi connectivity index (χ4n) is 4.10. The molecule has 1 aromatic carbocycles. The highest BCUT2D eigenvalue weighted by molar-refractivity contribution is 5.76. The first-order chi connectivity index (χ1) is 14.8. The Hall–Kier alpha value is -3.20. The van der Waals surface area contributed by atoms with E-state index in [4.69, 9.17) is 0 Å². The van der Waals surface area contributed by atoms with Crippen LogP contribution in [-0.4, -0.2) is 61.0 Å². The molecule has 4 rings (SSSR count). The number of carbonyl (C=O) groups is 1. The maximum atomic E-state index is 12.7. The van der Waals surface area contributed by atoms with Gasteiger partial charge in [0.2, 0.25) is 5.91 Å². The summed E-state index contributed by atoms with van der Waals surface area (Å²) < 4.78 is 2.39. The molecule has 1 aliphatic rings. The van der Waals surface area contributed by atoms with Crippen LogP contribution >= 0.6 is 0 Å².